The molecule has 170 valence electrons. The SMILES string of the molecule is N#CC(C#N)=c1cc(F)/c(=C(\C#N)c2cc(C(F)(F)F)c(C#N)c(C(F)(F)F)c2)c(C#N)c1C#N. The molecule has 6 nitrogen and oxygen atoms in total. The number of benzene rings is 2. The highest BCUT2D eigenvalue weighted by Gasteiger charge is 2.42. The molecule has 0 amide bonds. The molecule has 13 heteroatoms. The Kier molecular flexibility index (Phi) is 6.84. The van der Waals surface area contributed by atoms with Gasteiger partial charge in [0, 0.05) is 10.4 Å². The van der Waals surface area contributed by atoms with Gasteiger partial charge in [-0.1, -0.05) is 0 Å². The van der Waals surface area contributed by atoms with Crippen LogP contribution in [0.4, 0.5) is 30.7 Å². The molecule has 0 heterocycles. The zero-order chi connectivity index (χ0) is 26.7. The molecule has 35 heavy (non-hydrogen) atoms. The van der Waals surface area contributed by atoms with Gasteiger partial charge in [-0.15, -0.1) is 0 Å². The van der Waals surface area contributed by atoms with Crippen LogP contribution in [0.25, 0.3) is 11.1 Å². The van der Waals surface area contributed by atoms with Crippen molar-refractivity contribution in [1.82, 2.24) is 0 Å². The molecule has 0 N–H and O–H groups in total. The Morgan fingerprint density at radius 2 is 1.09 bits per heavy atom. The topological polar surface area (TPSA) is 143 Å². The van der Waals surface area contributed by atoms with Gasteiger partial charge in [0.1, 0.15) is 47.8 Å². The number of hydrogen-bond donors (Lipinski definition) is 0. The van der Waals surface area contributed by atoms with Crippen LogP contribution in [-0.2, 0) is 12.4 Å². The summed E-state index contributed by atoms with van der Waals surface area (Å²) in [6, 6.07) is 7.91. The fourth-order valence-electron chi connectivity index (χ4n) is 3.08. The second kappa shape index (κ2) is 9.24. The van der Waals surface area contributed by atoms with Crippen LogP contribution in [0, 0.1) is 73.8 Å². The lowest BCUT2D eigenvalue weighted by atomic mass is 9.91. The highest BCUT2D eigenvalue weighted by molar-refractivity contribution is 5.81. The van der Waals surface area contributed by atoms with Gasteiger partial charge in [-0.05, 0) is 23.8 Å². The first-order chi connectivity index (χ1) is 16.3. The maximum absolute atomic E-state index is 15.0. The number of nitriles is 6. The van der Waals surface area contributed by atoms with Gasteiger partial charge in [-0.3, -0.25) is 0 Å². The fourth-order valence-corrected chi connectivity index (χ4v) is 3.08. The molecule has 2 rings (SSSR count). The molecular formula is C22H3F7N6. The van der Waals surface area contributed by atoms with E-state index in [1.165, 1.54) is 30.3 Å². The zero-order valence-corrected chi connectivity index (χ0v) is 16.6. The molecule has 0 atom stereocenters. The summed E-state index contributed by atoms with van der Waals surface area (Å²) in [5.74, 6) is -1.58. The fraction of sp³-hybridized carbons (Fsp3) is 0.0909. The molecule has 0 bridgehead atoms. The van der Waals surface area contributed by atoms with Gasteiger partial charge in [0.05, 0.1) is 33.4 Å². The second-order valence-corrected chi connectivity index (χ2v) is 6.39. The quantitative estimate of drug-likeness (QED) is 0.568. The van der Waals surface area contributed by atoms with Crippen LogP contribution in [-0.4, -0.2) is 0 Å². The second-order valence-electron chi connectivity index (χ2n) is 6.39. The number of rotatable bonds is 1. The van der Waals surface area contributed by atoms with E-state index >= 15 is 4.39 Å². The summed E-state index contributed by atoms with van der Waals surface area (Å²) in [4.78, 5) is 0. The van der Waals surface area contributed by atoms with Gasteiger partial charge < -0.3 is 0 Å². The van der Waals surface area contributed by atoms with Crippen molar-refractivity contribution >= 4 is 11.1 Å². The lowest BCUT2D eigenvalue weighted by Crippen LogP contribution is -2.26. The van der Waals surface area contributed by atoms with E-state index in [1.807, 2.05) is 0 Å². The summed E-state index contributed by atoms with van der Waals surface area (Å²) < 4.78 is 95.9. The van der Waals surface area contributed by atoms with Crippen molar-refractivity contribution in [3.8, 4) is 36.4 Å². The van der Waals surface area contributed by atoms with Crippen molar-refractivity contribution in [2.24, 2.45) is 0 Å². The van der Waals surface area contributed by atoms with Crippen molar-refractivity contribution in [3.05, 3.63) is 67.8 Å². The normalized spacial score (nSPS) is 11.6. The third kappa shape index (κ3) is 4.57. The molecule has 0 unspecified atom stereocenters. The van der Waals surface area contributed by atoms with E-state index in [2.05, 4.69) is 0 Å². The maximum atomic E-state index is 15.0. The Labute approximate surface area is 190 Å². The molecule has 2 aromatic carbocycles. The van der Waals surface area contributed by atoms with E-state index in [4.69, 9.17) is 15.8 Å². The first kappa shape index (κ1) is 25.9. The van der Waals surface area contributed by atoms with Crippen molar-refractivity contribution in [3.63, 3.8) is 0 Å². The Balaban J connectivity index is 3.34. The van der Waals surface area contributed by atoms with Crippen LogP contribution < -0.4 is 10.4 Å². The van der Waals surface area contributed by atoms with Crippen LogP contribution in [0.1, 0.15) is 33.4 Å². The minimum absolute atomic E-state index is 0.00894. The van der Waals surface area contributed by atoms with Crippen LogP contribution in [0.15, 0.2) is 18.2 Å². The Bertz CT molecular complexity index is 1590. The standard InChI is InChI=1S/C22H3F7N6/c23-19-3-12(11(4-30)5-31)14(7-33)15(8-34)20(19)13(6-32)10-1-17(21(24,25)26)16(9-35)18(2-10)22(27,28)29/h1-3H/b20-13+. The average Bonchev–Trinajstić information content (AvgIpc) is 2.79. The van der Waals surface area contributed by atoms with Gasteiger partial charge in [0.2, 0.25) is 0 Å². The van der Waals surface area contributed by atoms with E-state index in [1.54, 1.807) is 0 Å². The molecular weight excluding hydrogens is 481 g/mol. The largest absolute Gasteiger partial charge is 0.417 e. The van der Waals surface area contributed by atoms with Crippen LogP contribution >= 0.6 is 0 Å². The van der Waals surface area contributed by atoms with E-state index < -0.39 is 73.1 Å². The van der Waals surface area contributed by atoms with E-state index in [0.717, 1.165) is 6.07 Å². The molecule has 0 fully saturated rings. The van der Waals surface area contributed by atoms with Gasteiger partial charge in [-0.2, -0.15) is 57.9 Å². The number of halogens is 7. The molecule has 0 aliphatic carbocycles. The zero-order valence-electron chi connectivity index (χ0n) is 16.6. The van der Waals surface area contributed by atoms with Gasteiger partial charge in [0.15, 0.2) is 0 Å². The molecule has 0 aliphatic heterocycles. The molecule has 0 spiro atoms. The lowest BCUT2D eigenvalue weighted by Gasteiger charge is -2.17. The van der Waals surface area contributed by atoms with Gasteiger partial charge in [-0.25, -0.2) is 4.39 Å². The third-order valence-corrected chi connectivity index (χ3v) is 4.51. The predicted octanol–water partition coefficient (Wildman–Crippen LogP) is 3.40. The van der Waals surface area contributed by atoms with E-state index in [-0.39, 0.29) is 12.1 Å². The monoisotopic (exact) mass is 484 g/mol. The third-order valence-electron chi connectivity index (χ3n) is 4.51. The molecule has 2 aromatic rings. The predicted molar refractivity (Wildman–Crippen MR) is 99.0 cm³/mol. The number of hydrogen-bond acceptors (Lipinski definition) is 6. The van der Waals surface area contributed by atoms with Crippen molar-refractivity contribution in [2.45, 2.75) is 12.4 Å². The summed E-state index contributed by atoms with van der Waals surface area (Å²) in [7, 11) is 0. The first-order valence-electron chi connectivity index (χ1n) is 8.65. The lowest BCUT2D eigenvalue weighted by molar-refractivity contribution is -0.143. The maximum Gasteiger partial charge on any atom is 0.417 e. The Morgan fingerprint density at radius 1 is 0.629 bits per heavy atom. The van der Waals surface area contributed by atoms with Gasteiger partial charge >= 0.3 is 12.4 Å². The highest BCUT2D eigenvalue weighted by Crippen LogP contribution is 2.40. The number of nitrogens with zero attached hydrogens (tertiary/aromatic N) is 6. The average molecular weight is 484 g/mol. The summed E-state index contributed by atoms with van der Waals surface area (Å²) in [5, 5.41) is 53.6. The summed E-state index contributed by atoms with van der Waals surface area (Å²) in [6.45, 7) is 0. The van der Waals surface area contributed by atoms with Crippen molar-refractivity contribution in [1.29, 1.82) is 31.6 Å². The summed E-state index contributed by atoms with van der Waals surface area (Å²) in [5.41, 5.74) is -10.9. The van der Waals surface area contributed by atoms with Crippen LogP contribution in [0.3, 0.4) is 0 Å². The smallest absolute Gasteiger partial charge is 0.206 e. The first-order valence-corrected chi connectivity index (χ1v) is 8.65. The minimum atomic E-state index is -5.50. The summed E-state index contributed by atoms with van der Waals surface area (Å²) in [6.07, 6.45) is -11.0. The summed E-state index contributed by atoms with van der Waals surface area (Å²) >= 11 is 0. The van der Waals surface area contributed by atoms with Crippen LogP contribution in [0.5, 0.6) is 0 Å². The Hall–Kier alpha value is -5.37. The van der Waals surface area contributed by atoms with E-state index in [9.17, 15) is 42.1 Å². The molecule has 0 saturated carbocycles. The highest BCUT2D eigenvalue weighted by atomic mass is 19.4. The van der Waals surface area contributed by atoms with Crippen molar-refractivity contribution < 1.29 is 30.7 Å². The molecule has 0 saturated heterocycles. The number of alkyl halides is 6. The Morgan fingerprint density at radius 3 is 1.43 bits per heavy atom. The van der Waals surface area contributed by atoms with Gasteiger partial charge in [0.25, 0.3) is 0 Å². The molecule has 0 aromatic heterocycles. The minimum Gasteiger partial charge on any atom is -0.206 e. The van der Waals surface area contributed by atoms with Crippen molar-refractivity contribution in [2.75, 3.05) is 0 Å². The molecule has 0 radical (unpaired) electrons. The molecule has 0 aliphatic rings. The van der Waals surface area contributed by atoms with Crippen LogP contribution in [0.2, 0.25) is 0 Å². The van der Waals surface area contributed by atoms with E-state index in [0.29, 0.717) is 6.07 Å².